The lowest BCUT2D eigenvalue weighted by molar-refractivity contribution is 0.653. The number of nitrogens with one attached hydrogen (secondary N) is 4. The number of aliphatic imine (C=N–C) groups is 1. The van der Waals surface area contributed by atoms with Crippen LogP contribution in [0, 0.1) is 0 Å². The standard InChI is InChI=1S/C16H15Br2ClN6/c17-9-3-4-12(11(19)5-9)21-16-20-7-10(18)15(23-16)22-14-6-13(24-25-14)8-1-2-8/h3-8,16,21,23H,1-2H2,(H2,22,24,25). The van der Waals surface area contributed by atoms with Gasteiger partial charge in [-0.3, -0.25) is 5.10 Å². The summed E-state index contributed by atoms with van der Waals surface area (Å²) in [6.45, 7) is 0. The molecule has 1 aromatic carbocycles. The summed E-state index contributed by atoms with van der Waals surface area (Å²) < 4.78 is 1.75. The van der Waals surface area contributed by atoms with Gasteiger partial charge in [-0.15, -0.1) is 0 Å². The normalized spacial score (nSPS) is 19.7. The van der Waals surface area contributed by atoms with Crippen molar-refractivity contribution >= 4 is 61.2 Å². The van der Waals surface area contributed by atoms with E-state index in [1.165, 1.54) is 18.5 Å². The Morgan fingerprint density at radius 1 is 1.20 bits per heavy atom. The lowest BCUT2D eigenvalue weighted by atomic mass is 10.3. The average molecular weight is 487 g/mol. The lowest BCUT2D eigenvalue weighted by Crippen LogP contribution is -2.39. The van der Waals surface area contributed by atoms with Crippen LogP contribution in [0.3, 0.4) is 0 Å². The van der Waals surface area contributed by atoms with Crippen molar-refractivity contribution in [3.63, 3.8) is 0 Å². The van der Waals surface area contributed by atoms with Crippen molar-refractivity contribution in [3.8, 4) is 0 Å². The Labute approximate surface area is 166 Å². The summed E-state index contributed by atoms with van der Waals surface area (Å²) in [5.74, 6) is 2.20. The second kappa shape index (κ2) is 7.01. The molecule has 25 heavy (non-hydrogen) atoms. The van der Waals surface area contributed by atoms with Gasteiger partial charge in [-0.1, -0.05) is 27.5 Å². The molecule has 130 valence electrons. The molecular formula is C16H15Br2ClN6. The first kappa shape index (κ1) is 16.9. The van der Waals surface area contributed by atoms with Gasteiger partial charge in [0, 0.05) is 28.4 Å². The Bertz CT molecular complexity index is 858. The molecule has 0 saturated heterocycles. The van der Waals surface area contributed by atoms with Gasteiger partial charge < -0.3 is 16.0 Å². The minimum absolute atomic E-state index is 0.343. The Hall–Kier alpha value is -1.51. The molecule has 4 N–H and O–H groups in total. The molecule has 1 unspecified atom stereocenters. The van der Waals surface area contributed by atoms with Crippen molar-refractivity contribution in [2.75, 3.05) is 10.6 Å². The number of hydrogen-bond acceptors (Lipinski definition) is 5. The van der Waals surface area contributed by atoms with Crippen LogP contribution in [0.1, 0.15) is 24.5 Å². The van der Waals surface area contributed by atoms with E-state index < -0.39 is 0 Å². The van der Waals surface area contributed by atoms with Crippen molar-refractivity contribution in [1.29, 1.82) is 0 Å². The van der Waals surface area contributed by atoms with E-state index in [1.54, 1.807) is 6.21 Å². The summed E-state index contributed by atoms with van der Waals surface area (Å²) in [5.41, 5.74) is 1.98. The molecule has 1 saturated carbocycles. The van der Waals surface area contributed by atoms with Crippen LogP contribution in [0.4, 0.5) is 11.5 Å². The highest BCUT2D eigenvalue weighted by Gasteiger charge is 2.26. The number of aromatic amines is 1. The highest BCUT2D eigenvalue weighted by molar-refractivity contribution is 9.12. The molecule has 1 aromatic heterocycles. The predicted octanol–water partition coefficient (Wildman–Crippen LogP) is 4.75. The summed E-state index contributed by atoms with van der Waals surface area (Å²) in [7, 11) is 0. The molecule has 0 bridgehead atoms. The van der Waals surface area contributed by atoms with E-state index >= 15 is 0 Å². The first-order valence-electron chi connectivity index (χ1n) is 7.82. The van der Waals surface area contributed by atoms with E-state index in [0.29, 0.717) is 10.9 Å². The number of anilines is 2. The molecule has 2 heterocycles. The van der Waals surface area contributed by atoms with E-state index in [4.69, 9.17) is 11.6 Å². The first-order chi connectivity index (χ1) is 12.1. The van der Waals surface area contributed by atoms with E-state index in [0.717, 1.165) is 26.3 Å². The molecule has 2 aliphatic rings. The third kappa shape index (κ3) is 4.02. The third-order valence-corrected chi connectivity index (χ3v) is 5.36. The average Bonchev–Trinajstić information content (AvgIpc) is 3.33. The number of hydrogen-bond donors (Lipinski definition) is 4. The molecule has 4 rings (SSSR count). The second-order valence-corrected chi connectivity index (χ2v) is 8.10. The van der Waals surface area contributed by atoms with Gasteiger partial charge in [-0.25, -0.2) is 4.99 Å². The van der Waals surface area contributed by atoms with Crippen LogP contribution in [0.15, 0.2) is 44.0 Å². The minimum Gasteiger partial charge on any atom is -0.346 e. The van der Waals surface area contributed by atoms with E-state index in [9.17, 15) is 0 Å². The summed E-state index contributed by atoms with van der Waals surface area (Å²) in [6.07, 6.45) is 3.87. The quantitative estimate of drug-likeness (QED) is 0.492. The van der Waals surface area contributed by atoms with Crippen LogP contribution < -0.4 is 16.0 Å². The second-order valence-electron chi connectivity index (χ2n) is 5.92. The van der Waals surface area contributed by atoms with E-state index in [-0.39, 0.29) is 6.29 Å². The topological polar surface area (TPSA) is 77.1 Å². The number of H-pyrrole nitrogens is 1. The first-order valence-corrected chi connectivity index (χ1v) is 9.78. The maximum Gasteiger partial charge on any atom is 0.195 e. The minimum atomic E-state index is -0.343. The fraction of sp³-hybridized carbons (Fsp3) is 0.250. The van der Waals surface area contributed by atoms with Gasteiger partial charge in [-0.05, 0) is 47.0 Å². The van der Waals surface area contributed by atoms with Gasteiger partial charge in [0.2, 0.25) is 0 Å². The molecule has 0 amide bonds. The summed E-state index contributed by atoms with van der Waals surface area (Å²) >= 11 is 13.2. The van der Waals surface area contributed by atoms with Crippen molar-refractivity contribution in [2.45, 2.75) is 25.0 Å². The summed E-state index contributed by atoms with van der Waals surface area (Å²) in [6, 6.07) is 7.71. The lowest BCUT2D eigenvalue weighted by Gasteiger charge is -2.24. The zero-order valence-corrected chi connectivity index (χ0v) is 16.9. The zero-order chi connectivity index (χ0) is 17.4. The van der Waals surface area contributed by atoms with E-state index in [2.05, 4.69) is 63.0 Å². The van der Waals surface area contributed by atoms with Crippen molar-refractivity contribution in [1.82, 2.24) is 15.5 Å². The van der Waals surface area contributed by atoms with Crippen molar-refractivity contribution in [3.05, 3.63) is 49.8 Å². The molecule has 2 aromatic rings. The van der Waals surface area contributed by atoms with Crippen LogP contribution in [-0.4, -0.2) is 22.7 Å². The van der Waals surface area contributed by atoms with Crippen LogP contribution in [0.5, 0.6) is 0 Å². The molecule has 1 fully saturated rings. The fourth-order valence-corrected chi connectivity index (χ4v) is 3.56. The van der Waals surface area contributed by atoms with Gasteiger partial charge in [-0.2, -0.15) is 5.10 Å². The maximum absolute atomic E-state index is 6.26. The smallest absolute Gasteiger partial charge is 0.195 e. The van der Waals surface area contributed by atoms with Gasteiger partial charge >= 0.3 is 0 Å². The number of benzene rings is 1. The monoisotopic (exact) mass is 484 g/mol. The Morgan fingerprint density at radius 3 is 2.80 bits per heavy atom. The van der Waals surface area contributed by atoms with Gasteiger partial charge in [0.15, 0.2) is 12.1 Å². The molecule has 0 radical (unpaired) electrons. The highest BCUT2D eigenvalue weighted by atomic mass is 79.9. The van der Waals surface area contributed by atoms with Crippen LogP contribution in [0.2, 0.25) is 5.02 Å². The van der Waals surface area contributed by atoms with Crippen molar-refractivity contribution in [2.24, 2.45) is 4.99 Å². The van der Waals surface area contributed by atoms with Crippen LogP contribution >= 0.6 is 43.5 Å². The SMILES string of the molecule is Clc1cc(Br)ccc1NC1N=CC(Br)=C(Nc2cc(C3CC3)[nH]n2)N1. The number of rotatable bonds is 5. The maximum atomic E-state index is 6.26. The zero-order valence-electron chi connectivity index (χ0n) is 13.0. The number of aromatic nitrogens is 2. The summed E-state index contributed by atoms with van der Waals surface area (Å²) in [5, 5.41) is 17.9. The number of nitrogens with zero attached hydrogens (tertiary/aromatic N) is 2. The van der Waals surface area contributed by atoms with Crippen LogP contribution in [0.25, 0.3) is 0 Å². The highest BCUT2D eigenvalue weighted by Crippen LogP contribution is 2.39. The Morgan fingerprint density at radius 2 is 2.04 bits per heavy atom. The molecule has 1 atom stereocenters. The molecule has 1 aliphatic heterocycles. The molecule has 0 spiro atoms. The number of allylic oxidation sites excluding steroid dienone is 1. The predicted molar refractivity (Wildman–Crippen MR) is 108 cm³/mol. The van der Waals surface area contributed by atoms with Crippen molar-refractivity contribution < 1.29 is 0 Å². The third-order valence-electron chi connectivity index (χ3n) is 3.95. The largest absolute Gasteiger partial charge is 0.346 e. The Balaban J connectivity index is 1.44. The van der Waals surface area contributed by atoms with Gasteiger partial charge in [0.05, 0.1) is 15.2 Å². The molecule has 6 nitrogen and oxygen atoms in total. The van der Waals surface area contributed by atoms with Gasteiger partial charge in [0.25, 0.3) is 0 Å². The Kier molecular flexibility index (Phi) is 4.75. The fourth-order valence-electron chi connectivity index (χ4n) is 2.50. The molecule has 1 aliphatic carbocycles. The molecule has 9 heteroatoms. The number of halogens is 3. The summed E-state index contributed by atoms with van der Waals surface area (Å²) in [4.78, 5) is 4.41. The van der Waals surface area contributed by atoms with Crippen LogP contribution in [-0.2, 0) is 0 Å². The molecular weight excluding hydrogens is 471 g/mol. The van der Waals surface area contributed by atoms with Gasteiger partial charge in [0.1, 0.15) is 5.82 Å². The van der Waals surface area contributed by atoms with E-state index in [1.807, 2.05) is 24.3 Å².